The Hall–Kier alpha value is -1.37. The zero-order valence-corrected chi connectivity index (χ0v) is 15.0. The minimum absolute atomic E-state index is 0.290. The average Bonchev–Trinajstić information content (AvgIpc) is 3.18. The number of hydrogen-bond donors (Lipinski definition) is 1. The van der Waals surface area contributed by atoms with Crippen molar-refractivity contribution in [3.63, 3.8) is 0 Å². The summed E-state index contributed by atoms with van der Waals surface area (Å²) in [4.78, 5) is 1.39. The van der Waals surface area contributed by atoms with E-state index in [0.717, 1.165) is 36.1 Å². The summed E-state index contributed by atoms with van der Waals surface area (Å²) >= 11 is 1.62. The Kier molecular flexibility index (Phi) is 4.49. The maximum Gasteiger partial charge on any atom is 0.241 e. The van der Waals surface area contributed by atoms with Crippen LogP contribution in [0.4, 0.5) is 0 Å². The fourth-order valence-corrected chi connectivity index (χ4v) is 5.79. The van der Waals surface area contributed by atoms with Crippen LogP contribution in [0, 0.1) is 6.92 Å². The number of rotatable bonds is 5. The molecule has 1 aliphatic rings. The lowest BCUT2D eigenvalue weighted by Gasteiger charge is -2.29. The molecule has 3 rings (SSSR count). The molecule has 1 heterocycles. The average molecular weight is 351 g/mol. The van der Waals surface area contributed by atoms with E-state index >= 15 is 0 Å². The number of aryl methyl sites for hydroxylation is 1. The second-order valence-electron chi connectivity index (χ2n) is 6.00. The smallest absolute Gasteiger partial charge is 0.241 e. The molecule has 1 aromatic carbocycles. The highest BCUT2D eigenvalue weighted by atomic mass is 32.2. The van der Waals surface area contributed by atoms with Gasteiger partial charge in [-0.05, 0) is 55.0 Å². The second-order valence-corrected chi connectivity index (χ2v) is 8.63. The summed E-state index contributed by atoms with van der Waals surface area (Å²) in [6.45, 7) is 1.85. The van der Waals surface area contributed by atoms with Crippen molar-refractivity contribution in [3.05, 3.63) is 46.2 Å². The monoisotopic (exact) mass is 351 g/mol. The Labute approximate surface area is 141 Å². The van der Waals surface area contributed by atoms with Crippen LogP contribution in [0.1, 0.15) is 36.1 Å². The number of ether oxygens (including phenoxy) is 1. The SMILES string of the molecule is COc1ccc(S(=O)(=O)NC2(c3cccs3)CCCC2)cc1C. The lowest BCUT2D eigenvalue weighted by Crippen LogP contribution is -2.43. The Morgan fingerprint density at radius 1 is 1.22 bits per heavy atom. The van der Waals surface area contributed by atoms with Gasteiger partial charge in [-0.25, -0.2) is 8.42 Å². The number of thiophene rings is 1. The highest BCUT2D eigenvalue weighted by molar-refractivity contribution is 7.89. The topological polar surface area (TPSA) is 55.4 Å². The molecule has 0 unspecified atom stereocenters. The van der Waals surface area contributed by atoms with Crippen LogP contribution in [0.25, 0.3) is 0 Å². The molecule has 0 aliphatic heterocycles. The third-order valence-corrected chi connectivity index (χ3v) is 7.06. The molecule has 1 aromatic heterocycles. The molecule has 0 bridgehead atoms. The Balaban J connectivity index is 1.95. The summed E-state index contributed by atoms with van der Waals surface area (Å²) in [5.41, 5.74) is 0.355. The zero-order chi connectivity index (χ0) is 16.5. The highest BCUT2D eigenvalue weighted by Gasteiger charge is 2.40. The van der Waals surface area contributed by atoms with Crippen LogP contribution in [-0.4, -0.2) is 15.5 Å². The van der Waals surface area contributed by atoms with E-state index in [0.29, 0.717) is 10.6 Å². The van der Waals surface area contributed by atoms with Crippen molar-refractivity contribution in [2.75, 3.05) is 7.11 Å². The minimum Gasteiger partial charge on any atom is -0.496 e. The number of nitrogens with one attached hydrogen (secondary N) is 1. The van der Waals surface area contributed by atoms with Gasteiger partial charge in [0.05, 0.1) is 17.5 Å². The van der Waals surface area contributed by atoms with E-state index in [9.17, 15) is 8.42 Å². The van der Waals surface area contributed by atoms with E-state index in [1.165, 1.54) is 0 Å². The molecular weight excluding hydrogens is 330 g/mol. The third-order valence-electron chi connectivity index (χ3n) is 4.46. The van der Waals surface area contributed by atoms with Crippen molar-refractivity contribution in [2.45, 2.75) is 43.0 Å². The van der Waals surface area contributed by atoms with Crippen molar-refractivity contribution >= 4 is 21.4 Å². The lowest BCUT2D eigenvalue weighted by molar-refractivity contribution is 0.409. The molecule has 23 heavy (non-hydrogen) atoms. The summed E-state index contributed by atoms with van der Waals surface area (Å²) in [6.07, 6.45) is 3.79. The molecule has 1 N–H and O–H groups in total. The summed E-state index contributed by atoms with van der Waals surface area (Å²) in [5.74, 6) is 0.692. The first kappa shape index (κ1) is 16.5. The van der Waals surface area contributed by atoms with Crippen molar-refractivity contribution in [3.8, 4) is 5.75 Å². The predicted octanol–water partition coefficient (Wildman–Crippen LogP) is 3.81. The lowest BCUT2D eigenvalue weighted by atomic mass is 9.97. The quantitative estimate of drug-likeness (QED) is 0.891. The van der Waals surface area contributed by atoms with E-state index in [2.05, 4.69) is 4.72 Å². The predicted molar refractivity (Wildman–Crippen MR) is 92.5 cm³/mol. The van der Waals surface area contributed by atoms with Crippen LogP contribution in [0.5, 0.6) is 5.75 Å². The fourth-order valence-electron chi connectivity index (χ4n) is 3.26. The van der Waals surface area contributed by atoms with Gasteiger partial charge in [-0.15, -0.1) is 11.3 Å². The zero-order valence-electron chi connectivity index (χ0n) is 13.3. The molecule has 0 radical (unpaired) electrons. The van der Waals surface area contributed by atoms with Gasteiger partial charge in [-0.2, -0.15) is 4.72 Å². The molecule has 1 aliphatic carbocycles. The Morgan fingerprint density at radius 2 is 1.96 bits per heavy atom. The number of methoxy groups -OCH3 is 1. The van der Waals surface area contributed by atoms with E-state index < -0.39 is 15.6 Å². The molecule has 124 valence electrons. The second kappa shape index (κ2) is 6.26. The van der Waals surface area contributed by atoms with Gasteiger partial charge < -0.3 is 4.74 Å². The molecule has 4 nitrogen and oxygen atoms in total. The van der Waals surface area contributed by atoms with E-state index in [4.69, 9.17) is 4.74 Å². The number of sulfonamides is 1. The van der Waals surface area contributed by atoms with Crippen LogP contribution in [-0.2, 0) is 15.6 Å². The maximum absolute atomic E-state index is 12.9. The molecule has 6 heteroatoms. The first-order valence-electron chi connectivity index (χ1n) is 7.69. The van der Waals surface area contributed by atoms with Gasteiger partial charge in [0.15, 0.2) is 0 Å². The largest absolute Gasteiger partial charge is 0.496 e. The van der Waals surface area contributed by atoms with Crippen LogP contribution < -0.4 is 9.46 Å². The maximum atomic E-state index is 12.9. The summed E-state index contributed by atoms with van der Waals surface area (Å²) < 4.78 is 34.0. The van der Waals surface area contributed by atoms with Gasteiger partial charge in [0.1, 0.15) is 5.75 Å². The minimum atomic E-state index is -3.57. The highest BCUT2D eigenvalue weighted by Crippen LogP contribution is 2.42. The molecule has 0 saturated heterocycles. The standard InChI is InChI=1S/C17H21NO3S2/c1-13-12-14(7-8-15(13)21-2)23(19,20)18-17(9-3-4-10-17)16-6-5-11-22-16/h5-8,11-12,18H,3-4,9-10H2,1-2H3. The van der Waals surface area contributed by atoms with Crippen LogP contribution in [0.3, 0.4) is 0 Å². The first-order chi connectivity index (χ1) is 11.0. The summed E-state index contributed by atoms with van der Waals surface area (Å²) in [7, 11) is -1.99. The summed E-state index contributed by atoms with van der Waals surface area (Å²) in [5, 5.41) is 2.00. The van der Waals surface area contributed by atoms with E-state index in [1.54, 1.807) is 36.6 Å². The Bertz CT molecular complexity index is 776. The molecule has 1 saturated carbocycles. The van der Waals surface area contributed by atoms with Crippen LogP contribution >= 0.6 is 11.3 Å². The normalized spacial score (nSPS) is 17.3. The first-order valence-corrected chi connectivity index (χ1v) is 10.1. The van der Waals surface area contributed by atoms with Gasteiger partial charge in [-0.1, -0.05) is 18.9 Å². The molecule has 0 atom stereocenters. The van der Waals surface area contributed by atoms with Crippen molar-refractivity contribution < 1.29 is 13.2 Å². The molecular formula is C17H21NO3S2. The van der Waals surface area contributed by atoms with Gasteiger partial charge in [0.2, 0.25) is 10.0 Å². The fraction of sp³-hybridized carbons (Fsp3) is 0.412. The van der Waals surface area contributed by atoms with Gasteiger partial charge in [-0.3, -0.25) is 0 Å². The van der Waals surface area contributed by atoms with Crippen LogP contribution in [0.2, 0.25) is 0 Å². The van der Waals surface area contributed by atoms with Crippen molar-refractivity contribution in [2.24, 2.45) is 0 Å². The molecule has 0 amide bonds. The van der Waals surface area contributed by atoms with Gasteiger partial charge in [0, 0.05) is 4.88 Å². The van der Waals surface area contributed by atoms with Crippen molar-refractivity contribution in [1.82, 2.24) is 4.72 Å². The Morgan fingerprint density at radius 3 is 2.52 bits per heavy atom. The summed E-state index contributed by atoms with van der Waals surface area (Å²) in [6, 6.07) is 8.98. The van der Waals surface area contributed by atoms with Gasteiger partial charge in [0.25, 0.3) is 0 Å². The van der Waals surface area contributed by atoms with Crippen LogP contribution in [0.15, 0.2) is 40.6 Å². The van der Waals surface area contributed by atoms with Gasteiger partial charge >= 0.3 is 0 Å². The number of benzene rings is 1. The molecule has 2 aromatic rings. The van der Waals surface area contributed by atoms with Crippen molar-refractivity contribution in [1.29, 1.82) is 0 Å². The van der Waals surface area contributed by atoms with E-state index in [1.807, 2.05) is 24.4 Å². The number of hydrogen-bond acceptors (Lipinski definition) is 4. The van der Waals surface area contributed by atoms with E-state index in [-0.39, 0.29) is 0 Å². The third kappa shape index (κ3) is 3.16. The molecule has 1 fully saturated rings. The molecule has 0 spiro atoms.